The van der Waals surface area contributed by atoms with Crippen LogP contribution < -0.4 is 15.2 Å². The summed E-state index contributed by atoms with van der Waals surface area (Å²) in [5.41, 5.74) is 10.3. The first kappa shape index (κ1) is 22.0. The lowest BCUT2D eigenvalue weighted by Crippen LogP contribution is -2.29. The molecule has 2 heterocycles. The summed E-state index contributed by atoms with van der Waals surface area (Å²) in [5, 5.41) is 0. The van der Waals surface area contributed by atoms with Crippen molar-refractivity contribution < 1.29 is 4.74 Å². The fraction of sp³-hybridized carbons (Fsp3) is 0.391. The van der Waals surface area contributed by atoms with Gasteiger partial charge in [-0.05, 0) is 49.1 Å². The van der Waals surface area contributed by atoms with Crippen molar-refractivity contribution in [2.75, 3.05) is 24.4 Å². The van der Waals surface area contributed by atoms with Gasteiger partial charge >= 0.3 is 0 Å². The van der Waals surface area contributed by atoms with E-state index in [0.29, 0.717) is 12.4 Å². The molecule has 3 rings (SSSR count). The van der Waals surface area contributed by atoms with E-state index in [1.165, 1.54) is 30.5 Å². The van der Waals surface area contributed by atoms with E-state index in [0.717, 1.165) is 55.0 Å². The number of pyridine rings is 1. The van der Waals surface area contributed by atoms with E-state index in [1.807, 2.05) is 30.6 Å². The molecule has 0 saturated carbocycles. The molecule has 6 nitrogen and oxygen atoms in total. The van der Waals surface area contributed by atoms with Gasteiger partial charge < -0.3 is 20.1 Å². The van der Waals surface area contributed by atoms with Crippen LogP contribution in [0.1, 0.15) is 43.7 Å². The Balaban J connectivity index is 1.57. The van der Waals surface area contributed by atoms with Crippen LogP contribution in [0, 0.1) is 0 Å². The van der Waals surface area contributed by atoms with Gasteiger partial charge in [0.1, 0.15) is 18.2 Å². The van der Waals surface area contributed by atoms with Gasteiger partial charge in [-0.15, -0.1) is 0 Å². The summed E-state index contributed by atoms with van der Waals surface area (Å²) in [7, 11) is 0. The third-order valence-corrected chi connectivity index (χ3v) is 5.73. The molecule has 1 aliphatic rings. The fourth-order valence-electron chi connectivity index (χ4n) is 3.41. The van der Waals surface area contributed by atoms with Crippen molar-refractivity contribution in [2.24, 2.45) is 10.1 Å². The molecule has 0 bridgehead atoms. The van der Waals surface area contributed by atoms with E-state index in [4.69, 9.17) is 10.5 Å². The Morgan fingerprint density at radius 2 is 2.03 bits per heavy atom. The number of hydrogen-bond donors (Lipinski definition) is 2. The minimum absolute atomic E-state index is 0.492. The van der Waals surface area contributed by atoms with E-state index < -0.39 is 0 Å². The second-order valence-electron chi connectivity index (χ2n) is 7.31. The van der Waals surface area contributed by atoms with E-state index in [-0.39, 0.29) is 0 Å². The summed E-state index contributed by atoms with van der Waals surface area (Å²) < 4.78 is 13.5. The fourth-order valence-corrected chi connectivity index (χ4v) is 3.91. The number of fused-ring (bicyclic) bond motifs is 1. The number of nitrogens with zero attached hydrogens (tertiary/aromatic N) is 3. The molecule has 2 aromatic rings. The molecule has 0 unspecified atom stereocenters. The van der Waals surface area contributed by atoms with Crippen molar-refractivity contribution in [3.63, 3.8) is 0 Å². The van der Waals surface area contributed by atoms with Crippen LogP contribution in [-0.4, -0.2) is 35.4 Å². The van der Waals surface area contributed by atoms with Gasteiger partial charge in [0.25, 0.3) is 0 Å². The largest absolute Gasteiger partial charge is 0.491 e. The number of allylic oxidation sites excluding steroid dienone is 1. The maximum atomic E-state index is 6.12. The first-order chi connectivity index (χ1) is 14.7. The van der Waals surface area contributed by atoms with E-state index in [1.54, 1.807) is 0 Å². The van der Waals surface area contributed by atoms with Crippen molar-refractivity contribution in [2.45, 2.75) is 39.0 Å². The standard InChI is InChI=1S/C23H31N5OS/c1-3-4-5-15-28(18(2)9-10-19-11-13-25-14-12-19)16-17-29-21-8-6-7-20-22(21)23(24)27-30-26-20/h6-8,11-14,26H,2-5,9-10,15-17H2,1H3,(H2,24,27). The minimum Gasteiger partial charge on any atom is -0.491 e. The second kappa shape index (κ2) is 11.5. The van der Waals surface area contributed by atoms with E-state index >= 15 is 0 Å². The number of anilines is 1. The van der Waals surface area contributed by atoms with Gasteiger partial charge in [-0.3, -0.25) is 4.98 Å². The molecule has 1 aromatic carbocycles. The maximum Gasteiger partial charge on any atom is 0.146 e. The molecule has 0 atom stereocenters. The average Bonchev–Trinajstić information content (AvgIpc) is 2.77. The van der Waals surface area contributed by atoms with Crippen molar-refractivity contribution in [3.05, 3.63) is 66.1 Å². The number of rotatable bonds is 12. The topological polar surface area (TPSA) is 75.8 Å². The molecular formula is C23H31N5OS. The highest BCUT2D eigenvalue weighted by molar-refractivity contribution is 7.99. The summed E-state index contributed by atoms with van der Waals surface area (Å²) in [6.45, 7) is 8.95. The zero-order chi connectivity index (χ0) is 21.2. The predicted molar refractivity (Wildman–Crippen MR) is 127 cm³/mol. The first-order valence-electron chi connectivity index (χ1n) is 10.5. The molecule has 0 fully saturated rings. The van der Waals surface area contributed by atoms with Crippen molar-refractivity contribution in [1.29, 1.82) is 0 Å². The molecule has 7 heteroatoms. The maximum absolute atomic E-state index is 6.12. The summed E-state index contributed by atoms with van der Waals surface area (Å²) in [6.07, 6.45) is 9.16. The van der Waals surface area contributed by atoms with Gasteiger partial charge in [-0.1, -0.05) is 32.4 Å². The van der Waals surface area contributed by atoms with Crippen LogP contribution in [-0.2, 0) is 6.42 Å². The quantitative estimate of drug-likeness (QED) is 0.376. The van der Waals surface area contributed by atoms with E-state index in [2.05, 4.69) is 44.6 Å². The molecule has 1 aromatic heterocycles. The van der Waals surface area contributed by atoms with E-state index in [9.17, 15) is 0 Å². The van der Waals surface area contributed by atoms with Crippen molar-refractivity contribution >= 4 is 23.7 Å². The third-order valence-electron chi connectivity index (χ3n) is 5.13. The van der Waals surface area contributed by atoms with Crippen molar-refractivity contribution in [3.8, 4) is 5.75 Å². The van der Waals surface area contributed by atoms with Gasteiger partial charge in [0.05, 0.1) is 29.9 Å². The lowest BCUT2D eigenvalue weighted by molar-refractivity contribution is 0.236. The molecule has 30 heavy (non-hydrogen) atoms. The SMILES string of the molecule is C=C(CCc1ccncc1)N(CCCCC)CCOc1cccc2c1C(N)=NSN2. The Morgan fingerprint density at radius 3 is 2.83 bits per heavy atom. The number of aryl methyl sites for hydroxylation is 1. The average molecular weight is 426 g/mol. The van der Waals surface area contributed by atoms with Crippen LogP contribution in [0.5, 0.6) is 5.75 Å². The highest BCUT2D eigenvalue weighted by Gasteiger charge is 2.17. The Bertz CT molecular complexity index is 856. The summed E-state index contributed by atoms with van der Waals surface area (Å²) >= 11 is 1.24. The molecule has 0 radical (unpaired) electrons. The number of nitrogens with two attached hydrogens (primary N) is 1. The minimum atomic E-state index is 0.492. The van der Waals surface area contributed by atoms with Gasteiger partial charge in [-0.25, -0.2) is 0 Å². The normalized spacial score (nSPS) is 12.5. The number of amidine groups is 1. The number of ether oxygens (including phenoxy) is 1. The van der Waals surface area contributed by atoms with Crippen LogP contribution in [0.3, 0.4) is 0 Å². The Morgan fingerprint density at radius 1 is 1.20 bits per heavy atom. The van der Waals surface area contributed by atoms with Crippen LogP contribution in [0.2, 0.25) is 0 Å². The number of aromatic nitrogens is 1. The lowest BCUT2D eigenvalue weighted by Gasteiger charge is -2.27. The zero-order valence-corrected chi connectivity index (χ0v) is 18.5. The van der Waals surface area contributed by atoms with Crippen LogP contribution in [0.25, 0.3) is 0 Å². The van der Waals surface area contributed by atoms with Crippen LogP contribution in [0.15, 0.2) is 59.4 Å². The highest BCUT2D eigenvalue weighted by Crippen LogP contribution is 2.32. The monoisotopic (exact) mass is 425 g/mol. The highest BCUT2D eigenvalue weighted by atomic mass is 32.2. The number of unbranched alkanes of at least 4 members (excludes halogenated alkanes) is 2. The van der Waals surface area contributed by atoms with Crippen molar-refractivity contribution in [1.82, 2.24) is 9.88 Å². The summed E-state index contributed by atoms with van der Waals surface area (Å²) in [5.74, 6) is 1.25. The third kappa shape index (κ3) is 6.16. The van der Waals surface area contributed by atoms with Gasteiger partial charge in [-0.2, -0.15) is 4.40 Å². The number of benzene rings is 1. The summed E-state index contributed by atoms with van der Waals surface area (Å²) in [6, 6.07) is 10.0. The molecule has 1 aliphatic heterocycles. The molecule has 0 saturated heterocycles. The Kier molecular flexibility index (Phi) is 8.44. The molecular weight excluding hydrogens is 394 g/mol. The Labute approximate surface area is 183 Å². The lowest BCUT2D eigenvalue weighted by atomic mass is 10.1. The van der Waals surface area contributed by atoms with Gasteiger partial charge in [0, 0.05) is 24.6 Å². The molecule has 0 aliphatic carbocycles. The Hall–Kier alpha value is -2.67. The first-order valence-corrected chi connectivity index (χ1v) is 11.3. The molecule has 3 N–H and O–H groups in total. The zero-order valence-electron chi connectivity index (χ0n) is 17.6. The van der Waals surface area contributed by atoms with Crippen LogP contribution >= 0.6 is 12.1 Å². The molecule has 0 amide bonds. The molecule has 0 spiro atoms. The number of hydrogen-bond acceptors (Lipinski definition) is 7. The second-order valence-corrected chi connectivity index (χ2v) is 7.88. The van der Waals surface area contributed by atoms with Gasteiger partial charge in [0.15, 0.2) is 0 Å². The van der Waals surface area contributed by atoms with Crippen LogP contribution in [0.4, 0.5) is 5.69 Å². The summed E-state index contributed by atoms with van der Waals surface area (Å²) in [4.78, 5) is 6.45. The predicted octanol–water partition coefficient (Wildman–Crippen LogP) is 4.79. The van der Waals surface area contributed by atoms with Gasteiger partial charge in [0.2, 0.25) is 0 Å². The smallest absolute Gasteiger partial charge is 0.146 e. The molecule has 160 valence electrons. The number of nitrogens with one attached hydrogen (secondary N) is 1.